The van der Waals surface area contributed by atoms with Gasteiger partial charge < -0.3 is 24.7 Å². The maximum Gasteiger partial charge on any atom is 0.401 e. The van der Waals surface area contributed by atoms with Gasteiger partial charge in [-0.25, -0.2) is 9.97 Å². The van der Waals surface area contributed by atoms with Crippen LogP contribution in [-0.4, -0.2) is 69.3 Å². The molecule has 0 bridgehead atoms. The van der Waals surface area contributed by atoms with Crippen molar-refractivity contribution in [3.05, 3.63) is 106 Å². The first-order valence-corrected chi connectivity index (χ1v) is 21.7. The Bertz CT molecular complexity index is 2580. The number of Topliss-reactive ketones (excluding diaryl/α,β-unsaturated/α-hetero) is 1. The van der Waals surface area contributed by atoms with E-state index in [0.717, 1.165) is 22.6 Å². The average Bonchev–Trinajstić information content (AvgIpc) is 4.14. The fraction of sp³-hybridized carbons (Fsp3) is 0.354. The van der Waals surface area contributed by atoms with Crippen LogP contribution in [0.2, 0.25) is 10.0 Å². The van der Waals surface area contributed by atoms with Crippen molar-refractivity contribution < 1.29 is 36.9 Å². The summed E-state index contributed by atoms with van der Waals surface area (Å²) >= 11 is 12.8. The number of carbonyl (C=O) groups excluding carboxylic acids is 1. The molecule has 1 fully saturated rings. The monoisotopic (exact) mass is 967 g/mol. The highest BCUT2D eigenvalue weighted by Crippen LogP contribution is 2.58. The number of hydrogen-bond acceptors (Lipinski definition) is 12. The Labute approximate surface area is 398 Å². The SMILES string of the molecule is COc1nc(-c2ccc(OCC(C)C)cc2)nc(-c2cc(CCC(=O)C3(C(F)(F)F)CC3)ccc2Cl)n1.COc1nc(-c2ccc(OCC(C)C)cc2)nc(-c2cc(CN)ccc2Cl)n1.Cl. The number of hydrogen-bond donors (Lipinski definition) is 1. The number of ether oxygens (including phenoxy) is 4. The van der Waals surface area contributed by atoms with Crippen LogP contribution in [0.4, 0.5) is 13.2 Å². The van der Waals surface area contributed by atoms with Crippen LogP contribution in [0.5, 0.6) is 23.5 Å². The fourth-order valence-electron chi connectivity index (χ4n) is 6.43. The van der Waals surface area contributed by atoms with E-state index >= 15 is 0 Å². The Hall–Kier alpha value is -5.61. The summed E-state index contributed by atoms with van der Waals surface area (Å²) in [5.41, 5.74) is 7.84. The first kappa shape index (κ1) is 51.4. The van der Waals surface area contributed by atoms with Crippen molar-refractivity contribution in [3.8, 4) is 69.1 Å². The van der Waals surface area contributed by atoms with Gasteiger partial charge in [0, 0.05) is 35.2 Å². The highest BCUT2D eigenvalue weighted by molar-refractivity contribution is 6.33. The number of nitrogens with zero attached hydrogens (tertiary/aromatic N) is 6. The molecule has 2 heterocycles. The number of carbonyl (C=O) groups is 1. The van der Waals surface area contributed by atoms with Crippen LogP contribution >= 0.6 is 35.6 Å². The van der Waals surface area contributed by atoms with Crippen LogP contribution in [0.1, 0.15) is 58.1 Å². The Morgan fingerprint density at radius 1 is 0.652 bits per heavy atom. The summed E-state index contributed by atoms with van der Waals surface area (Å²) in [6.45, 7) is 10.0. The molecule has 6 aromatic rings. The van der Waals surface area contributed by atoms with E-state index in [1.54, 1.807) is 24.3 Å². The smallest absolute Gasteiger partial charge is 0.401 e. The first-order chi connectivity index (χ1) is 31.0. The van der Waals surface area contributed by atoms with E-state index < -0.39 is 17.4 Å². The minimum absolute atomic E-state index is 0. The van der Waals surface area contributed by atoms with Gasteiger partial charge in [0.05, 0.1) is 37.5 Å². The average molecular weight is 969 g/mol. The standard InChI is InChI=1S/C27H27ClF3N3O3.C21H23ClN4O2.ClH/c1-16(2)15-37-19-8-6-18(7-9-19)23-32-24(34-25(33-23)36-3)20-14-17(4-10-21(20)28)5-11-22(35)26(12-13-26)27(29,30)31;1-13(2)12-28-16-7-5-15(6-8-16)19-24-20(26-21(25-19)27-3)17-10-14(11-23)4-9-18(17)22;/h4,6-10,14,16H,5,11-13,15H2,1-3H3;4-10,13H,11-12,23H2,1-3H3;1H. The Balaban J connectivity index is 0.000000253. The second-order valence-corrected chi connectivity index (χ2v) is 17.0. The van der Waals surface area contributed by atoms with Gasteiger partial charge in [-0.2, -0.15) is 33.1 Å². The molecule has 2 N–H and O–H groups in total. The lowest BCUT2D eigenvalue weighted by Gasteiger charge is -2.17. The molecule has 0 spiro atoms. The largest absolute Gasteiger partial charge is 0.493 e. The van der Waals surface area contributed by atoms with Gasteiger partial charge in [0.2, 0.25) is 0 Å². The van der Waals surface area contributed by atoms with Gasteiger partial charge in [0.1, 0.15) is 22.7 Å². The molecular weight excluding hydrogens is 918 g/mol. The van der Waals surface area contributed by atoms with E-state index in [1.807, 2.05) is 60.7 Å². The summed E-state index contributed by atoms with van der Waals surface area (Å²) in [5, 5.41) is 0.884. The summed E-state index contributed by atoms with van der Waals surface area (Å²) in [6, 6.07) is 25.7. The Morgan fingerprint density at radius 2 is 1.06 bits per heavy atom. The van der Waals surface area contributed by atoms with E-state index in [9.17, 15) is 18.0 Å². The van der Waals surface area contributed by atoms with E-state index in [0.29, 0.717) is 81.4 Å². The molecule has 2 aromatic heterocycles. The van der Waals surface area contributed by atoms with Gasteiger partial charge >= 0.3 is 18.2 Å². The molecule has 0 aliphatic heterocycles. The summed E-state index contributed by atoms with van der Waals surface area (Å²) in [7, 11) is 2.95. The van der Waals surface area contributed by atoms with Gasteiger partial charge in [0.25, 0.3) is 0 Å². The third-order valence-corrected chi connectivity index (χ3v) is 10.9. The number of benzene rings is 4. The number of ketones is 1. The Morgan fingerprint density at radius 3 is 1.44 bits per heavy atom. The van der Waals surface area contributed by atoms with Gasteiger partial charge in [-0.05, 0) is 115 Å². The van der Waals surface area contributed by atoms with Crippen LogP contribution < -0.4 is 24.7 Å². The maximum atomic E-state index is 13.3. The second kappa shape index (κ2) is 22.7. The minimum atomic E-state index is -4.51. The number of aromatic nitrogens is 6. The van der Waals surface area contributed by atoms with Crippen LogP contribution in [0.15, 0.2) is 84.9 Å². The van der Waals surface area contributed by atoms with Gasteiger partial charge in [-0.3, -0.25) is 4.79 Å². The summed E-state index contributed by atoms with van der Waals surface area (Å²) in [5.74, 6) is 3.14. The van der Waals surface area contributed by atoms with Gasteiger partial charge in [-0.1, -0.05) is 63.0 Å². The number of rotatable bonds is 17. The third kappa shape index (κ3) is 13.1. The van der Waals surface area contributed by atoms with Crippen LogP contribution in [0.25, 0.3) is 45.6 Å². The zero-order valence-electron chi connectivity index (χ0n) is 37.3. The zero-order chi connectivity index (χ0) is 46.9. The summed E-state index contributed by atoms with van der Waals surface area (Å²) in [4.78, 5) is 38.9. The van der Waals surface area contributed by atoms with E-state index in [4.69, 9.17) is 47.9 Å². The molecule has 66 heavy (non-hydrogen) atoms. The molecule has 1 aliphatic carbocycles. The van der Waals surface area contributed by atoms with Crippen molar-refractivity contribution in [1.82, 2.24) is 29.9 Å². The second-order valence-electron chi connectivity index (χ2n) is 16.2. The molecule has 1 aliphatic rings. The lowest BCUT2D eigenvalue weighted by atomic mass is 9.94. The normalized spacial score (nSPS) is 12.8. The van der Waals surface area contributed by atoms with Crippen molar-refractivity contribution in [2.75, 3.05) is 27.4 Å². The van der Waals surface area contributed by atoms with Crippen LogP contribution in [0.3, 0.4) is 0 Å². The van der Waals surface area contributed by atoms with Crippen molar-refractivity contribution in [2.24, 2.45) is 23.0 Å². The fourth-order valence-corrected chi connectivity index (χ4v) is 6.84. The van der Waals surface area contributed by atoms with Gasteiger partial charge in [0.15, 0.2) is 23.3 Å². The predicted octanol–water partition coefficient (Wildman–Crippen LogP) is 11.5. The molecule has 350 valence electrons. The van der Waals surface area contributed by atoms with Crippen LogP contribution in [-0.2, 0) is 17.8 Å². The highest BCUT2D eigenvalue weighted by Gasteiger charge is 2.67. The van der Waals surface area contributed by atoms with E-state index in [1.165, 1.54) is 14.2 Å². The molecule has 1 saturated carbocycles. The lowest BCUT2D eigenvalue weighted by molar-refractivity contribution is -0.191. The Kier molecular flexibility index (Phi) is 17.7. The van der Waals surface area contributed by atoms with Crippen LogP contribution in [0, 0.1) is 17.3 Å². The summed E-state index contributed by atoms with van der Waals surface area (Å²) < 4.78 is 61.8. The lowest BCUT2D eigenvalue weighted by Crippen LogP contribution is -2.32. The van der Waals surface area contributed by atoms with Crippen molar-refractivity contribution in [1.29, 1.82) is 0 Å². The van der Waals surface area contributed by atoms with Crippen molar-refractivity contribution >= 4 is 41.4 Å². The zero-order valence-corrected chi connectivity index (χ0v) is 39.6. The highest BCUT2D eigenvalue weighted by atomic mass is 35.5. The number of methoxy groups -OCH3 is 2. The molecule has 0 atom stereocenters. The molecule has 0 amide bonds. The van der Waals surface area contributed by atoms with Crippen molar-refractivity contribution in [3.63, 3.8) is 0 Å². The van der Waals surface area contributed by atoms with Crippen molar-refractivity contribution in [2.45, 2.75) is 66.1 Å². The molecule has 12 nitrogen and oxygen atoms in total. The third-order valence-electron chi connectivity index (χ3n) is 10.2. The maximum absolute atomic E-state index is 13.3. The van der Waals surface area contributed by atoms with E-state index in [2.05, 4.69) is 57.6 Å². The number of aryl methyl sites for hydroxylation is 1. The molecule has 0 saturated heterocycles. The number of halogens is 6. The quantitative estimate of drug-likeness (QED) is 0.0924. The topological polar surface area (TPSA) is 157 Å². The number of nitrogens with two attached hydrogens (primary N) is 1. The molecule has 4 aromatic carbocycles. The molecule has 18 heteroatoms. The predicted molar refractivity (Wildman–Crippen MR) is 251 cm³/mol. The molecule has 0 radical (unpaired) electrons. The molecule has 7 rings (SSSR count). The minimum Gasteiger partial charge on any atom is -0.493 e. The summed E-state index contributed by atoms with van der Waals surface area (Å²) in [6.07, 6.45) is -4.85. The number of alkyl halides is 3. The first-order valence-electron chi connectivity index (χ1n) is 21.0. The van der Waals surface area contributed by atoms with Gasteiger partial charge in [-0.15, -0.1) is 12.4 Å². The molecule has 0 unspecified atom stereocenters. The molecular formula is C48H51Cl3F3N7O5. The van der Waals surface area contributed by atoms with E-state index in [-0.39, 0.29) is 55.9 Å².